The fraction of sp³-hybridized carbons (Fsp3) is 0.933. The summed E-state index contributed by atoms with van der Waals surface area (Å²) < 4.78 is 0. The van der Waals surface area contributed by atoms with E-state index in [0.717, 1.165) is 30.1 Å². The van der Waals surface area contributed by atoms with E-state index < -0.39 is 0 Å². The molecule has 1 aliphatic heterocycles. The Balaban J connectivity index is 1.59. The molecule has 100 valence electrons. The third-order valence-corrected chi connectivity index (χ3v) is 6.37. The zero-order chi connectivity index (χ0) is 12.7. The average molecular weight is 248 g/mol. The Kier molecular flexibility index (Phi) is 2.07. The minimum absolute atomic E-state index is 0.234. The van der Waals surface area contributed by atoms with E-state index in [9.17, 15) is 4.79 Å². The molecule has 3 heteroatoms. The number of nitrogens with zero attached hydrogens (tertiary/aromatic N) is 1. The normalized spacial score (nSPS) is 57.3. The lowest BCUT2D eigenvalue weighted by Crippen LogP contribution is -2.43. The number of hydrogen-bond acceptors (Lipinski definition) is 2. The van der Waals surface area contributed by atoms with Crippen LogP contribution in [0.1, 0.15) is 46.5 Å². The van der Waals surface area contributed by atoms with Crippen LogP contribution in [0.4, 0.5) is 0 Å². The summed E-state index contributed by atoms with van der Waals surface area (Å²) in [4.78, 5) is 14.9. The molecule has 0 spiro atoms. The van der Waals surface area contributed by atoms with Crippen molar-refractivity contribution in [3.63, 3.8) is 0 Å². The Labute approximate surface area is 109 Å². The fourth-order valence-corrected chi connectivity index (χ4v) is 5.35. The van der Waals surface area contributed by atoms with E-state index in [1.165, 1.54) is 19.3 Å². The van der Waals surface area contributed by atoms with Crippen molar-refractivity contribution < 1.29 is 4.79 Å². The summed E-state index contributed by atoms with van der Waals surface area (Å²) in [5.41, 5.74) is -0.310. The first-order chi connectivity index (χ1) is 8.57. The monoisotopic (exact) mass is 248 g/mol. The Morgan fingerprint density at radius 2 is 1.94 bits per heavy atom. The lowest BCUT2D eigenvalue weighted by atomic mass is 9.99. The van der Waals surface area contributed by atoms with Crippen LogP contribution in [0.2, 0.25) is 0 Å². The Morgan fingerprint density at radius 3 is 2.44 bits per heavy atom. The van der Waals surface area contributed by atoms with Crippen LogP contribution in [0.3, 0.4) is 0 Å². The van der Waals surface area contributed by atoms with E-state index in [2.05, 4.69) is 31.0 Å². The van der Waals surface area contributed by atoms with E-state index >= 15 is 0 Å². The van der Waals surface area contributed by atoms with Crippen LogP contribution in [0, 0.1) is 23.7 Å². The standard InChI is InChI=1S/C15H24N2O/c1-4-15(3)14(18)17(8(2)16-15)13-11-9-5-6-10(7-9)12(11)13/h8-13,16H,4-7H2,1-3H3. The molecule has 2 bridgehead atoms. The number of amides is 1. The molecule has 1 amide bonds. The fourth-order valence-electron chi connectivity index (χ4n) is 5.35. The van der Waals surface area contributed by atoms with Gasteiger partial charge in [-0.25, -0.2) is 0 Å². The number of carbonyl (C=O) groups excluding carboxylic acids is 1. The molecule has 4 rings (SSSR count). The van der Waals surface area contributed by atoms with Gasteiger partial charge in [0.1, 0.15) is 0 Å². The van der Waals surface area contributed by atoms with Crippen LogP contribution in [0.15, 0.2) is 0 Å². The van der Waals surface area contributed by atoms with Crippen LogP contribution < -0.4 is 5.32 Å². The van der Waals surface area contributed by atoms with Gasteiger partial charge in [-0.2, -0.15) is 0 Å². The van der Waals surface area contributed by atoms with Gasteiger partial charge < -0.3 is 4.90 Å². The lowest BCUT2D eigenvalue weighted by Gasteiger charge is -2.25. The SMILES string of the molecule is CCC1(C)NC(C)N(C2C3C4CCC(C4)C32)C1=O. The number of carbonyl (C=O) groups is 1. The highest BCUT2D eigenvalue weighted by molar-refractivity contribution is 5.89. The van der Waals surface area contributed by atoms with Crippen molar-refractivity contribution in [2.24, 2.45) is 23.7 Å². The summed E-state index contributed by atoms with van der Waals surface area (Å²) in [6.07, 6.45) is 5.44. The van der Waals surface area contributed by atoms with Crippen LogP contribution in [-0.4, -0.2) is 28.6 Å². The van der Waals surface area contributed by atoms with Crippen LogP contribution in [-0.2, 0) is 4.79 Å². The molecule has 0 radical (unpaired) electrons. The highest BCUT2D eigenvalue weighted by Crippen LogP contribution is 2.67. The highest BCUT2D eigenvalue weighted by Gasteiger charge is 2.69. The van der Waals surface area contributed by atoms with Gasteiger partial charge in [0.15, 0.2) is 0 Å². The van der Waals surface area contributed by atoms with Gasteiger partial charge >= 0.3 is 0 Å². The third-order valence-electron chi connectivity index (χ3n) is 6.37. The number of hydrogen-bond donors (Lipinski definition) is 1. The maximum atomic E-state index is 12.7. The summed E-state index contributed by atoms with van der Waals surface area (Å²) >= 11 is 0. The Bertz CT molecular complexity index is 393. The molecule has 0 aromatic rings. The molecule has 6 unspecified atom stereocenters. The van der Waals surface area contributed by atoms with Crippen LogP contribution in [0.25, 0.3) is 0 Å². The van der Waals surface area contributed by atoms with Gasteiger partial charge in [0.25, 0.3) is 0 Å². The molecular formula is C15H24N2O. The number of nitrogens with one attached hydrogen (secondary N) is 1. The van der Waals surface area contributed by atoms with Crippen LogP contribution in [0.5, 0.6) is 0 Å². The Morgan fingerprint density at radius 1 is 1.33 bits per heavy atom. The van der Waals surface area contributed by atoms with Gasteiger partial charge in [-0.15, -0.1) is 0 Å². The van der Waals surface area contributed by atoms with Gasteiger partial charge in [-0.1, -0.05) is 6.92 Å². The van der Waals surface area contributed by atoms with Gasteiger partial charge in [0, 0.05) is 6.04 Å². The molecule has 1 heterocycles. The summed E-state index contributed by atoms with van der Waals surface area (Å²) in [6, 6.07) is 0.583. The quantitative estimate of drug-likeness (QED) is 0.810. The molecule has 1 N–H and O–H groups in total. The molecule has 0 aromatic heterocycles. The number of rotatable bonds is 2. The smallest absolute Gasteiger partial charge is 0.244 e. The maximum absolute atomic E-state index is 12.7. The molecule has 0 aromatic carbocycles. The van der Waals surface area contributed by atoms with Gasteiger partial charge in [-0.3, -0.25) is 10.1 Å². The molecule has 3 nitrogen and oxygen atoms in total. The lowest BCUT2D eigenvalue weighted by molar-refractivity contribution is -0.133. The molecule has 18 heavy (non-hydrogen) atoms. The molecule has 1 saturated heterocycles. The topological polar surface area (TPSA) is 32.3 Å². The summed E-state index contributed by atoms with van der Waals surface area (Å²) in [6.45, 7) is 6.34. The van der Waals surface area contributed by atoms with E-state index in [0.29, 0.717) is 11.9 Å². The third kappa shape index (κ3) is 1.17. The zero-order valence-electron chi connectivity index (χ0n) is 11.6. The molecular weight excluding hydrogens is 224 g/mol. The molecule has 4 aliphatic rings. The van der Waals surface area contributed by atoms with Crippen molar-refractivity contribution >= 4 is 5.91 Å². The van der Waals surface area contributed by atoms with E-state index in [1.54, 1.807) is 0 Å². The maximum Gasteiger partial charge on any atom is 0.244 e. The summed E-state index contributed by atoms with van der Waals surface area (Å²) in [5, 5.41) is 3.52. The molecule has 3 aliphatic carbocycles. The van der Waals surface area contributed by atoms with Crippen molar-refractivity contribution in [1.82, 2.24) is 10.2 Å². The van der Waals surface area contributed by atoms with Crippen molar-refractivity contribution in [3.05, 3.63) is 0 Å². The predicted molar refractivity (Wildman–Crippen MR) is 69.7 cm³/mol. The van der Waals surface area contributed by atoms with Crippen molar-refractivity contribution in [3.8, 4) is 0 Å². The van der Waals surface area contributed by atoms with Crippen molar-refractivity contribution in [2.45, 2.75) is 64.2 Å². The Hall–Kier alpha value is -0.570. The second-order valence-corrected chi connectivity index (χ2v) is 7.20. The van der Waals surface area contributed by atoms with Crippen molar-refractivity contribution in [2.75, 3.05) is 0 Å². The van der Waals surface area contributed by atoms with E-state index in [4.69, 9.17) is 0 Å². The average Bonchev–Trinajstić information content (AvgIpc) is 2.70. The van der Waals surface area contributed by atoms with Gasteiger partial charge in [0.05, 0.1) is 11.7 Å². The molecule has 3 saturated carbocycles. The molecule has 4 fully saturated rings. The van der Waals surface area contributed by atoms with Gasteiger partial charge in [0.2, 0.25) is 5.91 Å². The van der Waals surface area contributed by atoms with E-state index in [-0.39, 0.29) is 11.7 Å². The number of fused-ring (bicyclic) bond motifs is 5. The minimum atomic E-state index is -0.310. The largest absolute Gasteiger partial charge is 0.322 e. The second-order valence-electron chi connectivity index (χ2n) is 7.20. The van der Waals surface area contributed by atoms with Crippen LogP contribution >= 0.6 is 0 Å². The summed E-state index contributed by atoms with van der Waals surface area (Å²) in [7, 11) is 0. The zero-order valence-corrected chi connectivity index (χ0v) is 11.6. The summed E-state index contributed by atoms with van der Waals surface area (Å²) in [5.74, 6) is 3.96. The van der Waals surface area contributed by atoms with E-state index in [1.807, 2.05) is 0 Å². The van der Waals surface area contributed by atoms with Crippen molar-refractivity contribution in [1.29, 1.82) is 0 Å². The first kappa shape index (κ1) is 11.3. The second kappa shape index (κ2) is 3.30. The molecule has 6 atom stereocenters. The first-order valence-corrected chi connectivity index (χ1v) is 7.67. The van der Waals surface area contributed by atoms with Gasteiger partial charge in [-0.05, 0) is 63.2 Å². The minimum Gasteiger partial charge on any atom is -0.322 e. The highest BCUT2D eigenvalue weighted by atomic mass is 16.2. The first-order valence-electron chi connectivity index (χ1n) is 7.67. The predicted octanol–water partition coefficient (Wildman–Crippen LogP) is 1.98.